The third-order valence-corrected chi connectivity index (χ3v) is 9.59. The van der Waals surface area contributed by atoms with E-state index in [1.807, 2.05) is 0 Å². The Hall–Kier alpha value is 0.440. The molecule has 0 aromatic carbocycles. The predicted molar refractivity (Wildman–Crippen MR) is 111 cm³/mol. The van der Waals surface area contributed by atoms with Gasteiger partial charge in [-0.25, -0.2) is 0 Å². The Labute approximate surface area is 160 Å². The van der Waals surface area contributed by atoms with Crippen LogP contribution in [-0.4, -0.2) is 10.5 Å². The zero-order valence-electron chi connectivity index (χ0n) is 15.2. The van der Waals surface area contributed by atoms with Crippen molar-refractivity contribution in [2.45, 2.75) is 87.5 Å². The molecular weight excluding hydrogens is 328 g/mol. The standard InChI is InChI=1S/C22H36S2/c23-21-13-20(14-22(21)24)19-11-9-18(10-12-19)17-7-5-16(6-8-17)15-3-1-2-4-15/h1-2,15-24H,3-14H2. The Bertz CT molecular complexity index is 411. The maximum Gasteiger partial charge on any atom is 0.0136 e. The molecule has 3 fully saturated rings. The van der Waals surface area contributed by atoms with Gasteiger partial charge in [-0.15, -0.1) is 0 Å². The van der Waals surface area contributed by atoms with Crippen LogP contribution in [0.5, 0.6) is 0 Å². The molecule has 0 aromatic heterocycles. The van der Waals surface area contributed by atoms with Gasteiger partial charge >= 0.3 is 0 Å². The first-order valence-corrected chi connectivity index (χ1v) is 11.7. The number of thiol groups is 2. The Morgan fingerprint density at radius 1 is 0.458 bits per heavy atom. The van der Waals surface area contributed by atoms with Gasteiger partial charge in [0.25, 0.3) is 0 Å². The summed E-state index contributed by atoms with van der Waals surface area (Å²) >= 11 is 9.46. The van der Waals surface area contributed by atoms with Gasteiger partial charge in [0.1, 0.15) is 0 Å². The van der Waals surface area contributed by atoms with Gasteiger partial charge in [-0.1, -0.05) is 12.2 Å². The molecule has 2 atom stereocenters. The highest BCUT2D eigenvalue weighted by Gasteiger charge is 2.38. The van der Waals surface area contributed by atoms with Gasteiger partial charge in [-0.05, 0) is 113 Å². The van der Waals surface area contributed by atoms with E-state index in [9.17, 15) is 0 Å². The van der Waals surface area contributed by atoms with E-state index in [1.165, 1.54) is 77.0 Å². The molecule has 4 rings (SSSR count). The van der Waals surface area contributed by atoms with Crippen LogP contribution in [0.3, 0.4) is 0 Å². The summed E-state index contributed by atoms with van der Waals surface area (Å²) in [5.41, 5.74) is 0. The van der Waals surface area contributed by atoms with Crippen LogP contribution >= 0.6 is 25.3 Å². The first-order chi connectivity index (χ1) is 11.7. The zero-order valence-corrected chi connectivity index (χ0v) is 16.9. The van der Waals surface area contributed by atoms with E-state index >= 15 is 0 Å². The first kappa shape index (κ1) is 17.8. The molecule has 0 aromatic rings. The average molecular weight is 365 g/mol. The van der Waals surface area contributed by atoms with E-state index in [1.54, 1.807) is 0 Å². The predicted octanol–water partition coefficient (Wildman–Crippen LogP) is 6.57. The van der Waals surface area contributed by atoms with E-state index in [4.69, 9.17) is 25.3 Å². The lowest BCUT2D eigenvalue weighted by atomic mass is 9.66. The highest BCUT2D eigenvalue weighted by molar-refractivity contribution is 7.85. The van der Waals surface area contributed by atoms with Gasteiger partial charge in [0.2, 0.25) is 0 Å². The van der Waals surface area contributed by atoms with Crippen molar-refractivity contribution in [3.8, 4) is 0 Å². The lowest BCUT2D eigenvalue weighted by molar-refractivity contribution is 0.113. The monoisotopic (exact) mass is 364 g/mol. The fourth-order valence-corrected chi connectivity index (χ4v) is 7.40. The van der Waals surface area contributed by atoms with E-state index in [-0.39, 0.29) is 0 Å². The summed E-state index contributed by atoms with van der Waals surface area (Å²) in [4.78, 5) is 0. The second-order valence-electron chi connectivity index (χ2n) is 9.42. The minimum absolute atomic E-state index is 0.552. The van der Waals surface area contributed by atoms with Crippen LogP contribution in [0.15, 0.2) is 12.2 Å². The van der Waals surface area contributed by atoms with E-state index in [0.717, 1.165) is 35.5 Å². The lowest BCUT2D eigenvalue weighted by Gasteiger charge is -2.40. The Morgan fingerprint density at radius 2 is 0.792 bits per heavy atom. The molecule has 0 N–H and O–H groups in total. The van der Waals surface area contributed by atoms with Crippen molar-refractivity contribution < 1.29 is 0 Å². The molecule has 136 valence electrons. The van der Waals surface area contributed by atoms with Crippen LogP contribution in [0.2, 0.25) is 0 Å². The summed E-state index contributed by atoms with van der Waals surface area (Å²) < 4.78 is 0. The van der Waals surface area contributed by atoms with Crippen LogP contribution in [0.4, 0.5) is 0 Å². The first-order valence-electron chi connectivity index (χ1n) is 10.7. The van der Waals surface area contributed by atoms with Gasteiger partial charge in [0, 0.05) is 10.5 Å². The van der Waals surface area contributed by atoms with Crippen molar-refractivity contribution in [2.24, 2.45) is 35.5 Å². The average Bonchev–Trinajstić information content (AvgIpc) is 3.26. The van der Waals surface area contributed by atoms with Crippen molar-refractivity contribution in [3.63, 3.8) is 0 Å². The van der Waals surface area contributed by atoms with Crippen LogP contribution < -0.4 is 0 Å². The molecule has 24 heavy (non-hydrogen) atoms. The summed E-state index contributed by atoms with van der Waals surface area (Å²) in [5.74, 6) is 6.10. The maximum atomic E-state index is 4.73. The zero-order chi connectivity index (χ0) is 16.5. The van der Waals surface area contributed by atoms with Crippen LogP contribution in [0.25, 0.3) is 0 Å². The molecule has 0 amide bonds. The minimum Gasteiger partial charge on any atom is -0.175 e. The van der Waals surface area contributed by atoms with Crippen LogP contribution in [0, 0.1) is 35.5 Å². The van der Waals surface area contributed by atoms with Gasteiger partial charge in [-0.3, -0.25) is 0 Å². The molecule has 0 spiro atoms. The summed E-state index contributed by atoms with van der Waals surface area (Å²) in [6, 6.07) is 0. The molecule has 2 heteroatoms. The molecule has 0 bridgehead atoms. The normalized spacial score (nSPS) is 47.3. The molecule has 0 heterocycles. The Morgan fingerprint density at radius 3 is 1.21 bits per heavy atom. The van der Waals surface area contributed by atoms with Gasteiger partial charge in [0.05, 0.1) is 0 Å². The van der Waals surface area contributed by atoms with Crippen molar-refractivity contribution in [2.75, 3.05) is 0 Å². The van der Waals surface area contributed by atoms with Crippen molar-refractivity contribution in [1.82, 2.24) is 0 Å². The molecule has 0 aliphatic heterocycles. The largest absolute Gasteiger partial charge is 0.175 e. The summed E-state index contributed by atoms with van der Waals surface area (Å²) in [5, 5.41) is 1.10. The molecule has 0 saturated heterocycles. The number of rotatable bonds is 3. The van der Waals surface area contributed by atoms with E-state index in [0.29, 0.717) is 10.5 Å². The number of hydrogen-bond acceptors (Lipinski definition) is 2. The molecule has 0 nitrogen and oxygen atoms in total. The van der Waals surface area contributed by atoms with E-state index in [2.05, 4.69) is 12.2 Å². The third kappa shape index (κ3) is 3.90. The molecule has 0 radical (unpaired) electrons. The van der Waals surface area contributed by atoms with Gasteiger partial charge < -0.3 is 0 Å². The van der Waals surface area contributed by atoms with Crippen molar-refractivity contribution >= 4 is 25.3 Å². The number of hydrogen-bond donors (Lipinski definition) is 2. The summed E-state index contributed by atoms with van der Waals surface area (Å²) in [7, 11) is 0. The molecule has 3 saturated carbocycles. The fraction of sp³-hybridized carbons (Fsp3) is 0.909. The molecular formula is C22H36S2. The summed E-state index contributed by atoms with van der Waals surface area (Å²) in [6.45, 7) is 0. The minimum atomic E-state index is 0.552. The second kappa shape index (κ2) is 7.99. The lowest BCUT2D eigenvalue weighted by Crippen LogP contribution is -2.29. The Balaban J connectivity index is 1.21. The SMILES string of the molecule is SC1CC(C2CCC(C3CCC(C4CC=CC4)CC3)CC2)CC1S. The highest BCUT2D eigenvalue weighted by atomic mass is 32.1. The van der Waals surface area contributed by atoms with Crippen LogP contribution in [0.1, 0.15) is 77.0 Å². The molecule has 2 unspecified atom stereocenters. The fourth-order valence-electron chi connectivity index (χ4n) is 6.61. The Kier molecular flexibility index (Phi) is 5.94. The van der Waals surface area contributed by atoms with Crippen molar-refractivity contribution in [1.29, 1.82) is 0 Å². The van der Waals surface area contributed by atoms with Gasteiger partial charge in [-0.2, -0.15) is 25.3 Å². The summed E-state index contributed by atoms with van der Waals surface area (Å²) in [6.07, 6.45) is 22.4. The van der Waals surface area contributed by atoms with Gasteiger partial charge in [0.15, 0.2) is 0 Å². The maximum absolute atomic E-state index is 4.73. The highest BCUT2D eigenvalue weighted by Crippen LogP contribution is 2.48. The second-order valence-corrected chi connectivity index (χ2v) is 10.7. The quantitative estimate of drug-likeness (QED) is 0.410. The number of allylic oxidation sites excluding steroid dienone is 2. The topological polar surface area (TPSA) is 0 Å². The van der Waals surface area contributed by atoms with Crippen LogP contribution in [-0.2, 0) is 0 Å². The smallest absolute Gasteiger partial charge is 0.0136 e. The molecule has 4 aliphatic rings. The van der Waals surface area contributed by atoms with Crippen molar-refractivity contribution in [3.05, 3.63) is 12.2 Å². The van der Waals surface area contributed by atoms with E-state index < -0.39 is 0 Å². The molecule has 4 aliphatic carbocycles. The third-order valence-electron chi connectivity index (χ3n) is 8.21.